The van der Waals surface area contributed by atoms with E-state index in [2.05, 4.69) is 37.9 Å². The molecule has 0 saturated heterocycles. The number of hydrogen-bond acceptors (Lipinski definition) is 0. The molecule has 7 heteroatoms. The number of aromatic nitrogens is 1. The van der Waals surface area contributed by atoms with Crippen LogP contribution >= 0.6 is 31.9 Å². The number of hydrogen-bond donors (Lipinski definition) is 0. The molecule has 0 unspecified atom stereocenters. The molecular formula is C17H13BBr2F2N2. The van der Waals surface area contributed by atoms with Gasteiger partial charge in [-0.3, -0.25) is 0 Å². The maximum atomic E-state index is 15.1. The molecule has 2 aromatic rings. The lowest BCUT2D eigenvalue weighted by Crippen LogP contribution is -2.50. The minimum absolute atomic E-state index is 0.371. The fourth-order valence-electron chi connectivity index (χ4n) is 3.55. The van der Waals surface area contributed by atoms with Gasteiger partial charge in [-0.25, -0.2) is 0 Å². The van der Waals surface area contributed by atoms with Crippen molar-refractivity contribution in [3.8, 4) is 0 Å². The molecule has 2 nitrogen and oxygen atoms in total. The van der Waals surface area contributed by atoms with Gasteiger partial charge < -0.3 is 17.6 Å². The Morgan fingerprint density at radius 2 is 1.67 bits per heavy atom. The predicted molar refractivity (Wildman–Crippen MR) is 101 cm³/mol. The summed E-state index contributed by atoms with van der Waals surface area (Å²) in [6.07, 6.45) is 3.42. The topological polar surface area (TPSA) is 7.94 Å². The minimum Gasteiger partial charge on any atom is -0.389 e. The van der Waals surface area contributed by atoms with Crippen LogP contribution in [0.4, 0.5) is 8.63 Å². The van der Waals surface area contributed by atoms with Crippen LogP contribution in [0.1, 0.15) is 22.4 Å². The normalized spacial score (nSPS) is 18.2. The molecule has 0 N–H and O–H groups in total. The number of fused-ring (bicyclic) bond motifs is 2. The number of aryl methyl sites for hydroxylation is 2. The molecule has 0 aliphatic carbocycles. The fraction of sp³-hybridized carbons (Fsp3) is 0.118. The van der Waals surface area contributed by atoms with E-state index in [1.165, 1.54) is 0 Å². The highest BCUT2D eigenvalue weighted by molar-refractivity contribution is 9.18. The first-order valence-electron chi connectivity index (χ1n) is 7.53. The summed E-state index contributed by atoms with van der Waals surface area (Å²) in [6.45, 7) is 0.0694. The first kappa shape index (κ1) is 16.0. The maximum absolute atomic E-state index is 15.1. The Hall–Kier alpha value is -1.47. The Labute approximate surface area is 155 Å². The monoisotopic (exact) mass is 452 g/mol. The molecule has 1 aromatic carbocycles. The SMILES string of the molecule is Cc1cc(C)cc(C2=C3C=CC(Br)=[N+]3[B-](F)(F)n3c(Br)ccc32)c1. The van der Waals surface area contributed by atoms with Crippen molar-refractivity contribution in [2.24, 2.45) is 0 Å². The molecule has 0 fully saturated rings. The van der Waals surface area contributed by atoms with Gasteiger partial charge in [-0.2, -0.15) is 0 Å². The molecule has 1 aromatic heterocycles. The summed E-state index contributed by atoms with van der Waals surface area (Å²) in [4.78, 5) is 0. The summed E-state index contributed by atoms with van der Waals surface area (Å²) in [5, 5.41) is 0. The molecule has 0 saturated carbocycles. The molecule has 122 valence electrons. The maximum Gasteiger partial charge on any atom is 0.738 e. The van der Waals surface area contributed by atoms with Crippen molar-refractivity contribution in [3.05, 3.63) is 75.2 Å². The number of nitrogens with zero attached hydrogens (tertiary/aromatic N) is 2. The zero-order valence-electron chi connectivity index (χ0n) is 13.0. The summed E-state index contributed by atoms with van der Waals surface area (Å²) in [5.74, 6) is 0. The van der Waals surface area contributed by atoms with E-state index in [4.69, 9.17) is 0 Å². The lowest BCUT2D eigenvalue weighted by molar-refractivity contribution is -0.358. The number of benzene rings is 1. The predicted octanol–water partition coefficient (Wildman–Crippen LogP) is 5.24. The third-order valence-corrected chi connectivity index (χ3v) is 5.67. The minimum atomic E-state index is -3.96. The fourth-order valence-corrected chi connectivity index (χ4v) is 4.69. The van der Waals surface area contributed by atoms with Crippen molar-refractivity contribution >= 4 is 49.0 Å². The van der Waals surface area contributed by atoms with Crippen LogP contribution in [0.5, 0.6) is 0 Å². The average Bonchev–Trinajstić information content (AvgIpc) is 3.03. The average molecular weight is 454 g/mol. The van der Waals surface area contributed by atoms with Gasteiger partial charge >= 0.3 is 6.97 Å². The highest BCUT2D eigenvalue weighted by atomic mass is 79.9. The summed E-state index contributed by atoms with van der Waals surface area (Å²) >= 11 is 6.56. The Balaban J connectivity index is 2.12. The van der Waals surface area contributed by atoms with Gasteiger partial charge in [-0.15, -0.1) is 0 Å². The van der Waals surface area contributed by atoms with E-state index in [0.717, 1.165) is 31.2 Å². The standard InChI is InChI=1S/C17H13BBr2F2N2/c1-10-7-11(2)9-12(8-10)17-13-3-5-15(19)23(13)18(21,22)24-14(17)4-6-16(24)20/h3-9H,1-2H3. The van der Waals surface area contributed by atoms with Gasteiger partial charge in [0.1, 0.15) is 0 Å². The van der Waals surface area contributed by atoms with E-state index in [1.54, 1.807) is 24.3 Å². The van der Waals surface area contributed by atoms with Crippen molar-refractivity contribution in [1.82, 2.24) is 4.48 Å². The molecule has 0 spiro atoms. The smallest absolute Gasteiger partial charge is 0.389 e. The molecule has 0 radical (unpaired) electrons. The number of allylic oxidation sites excluding steroid dienone is 2. The zero-order valence-corrected chi connectivity index (χ0v) is 16.2. The second-order valence-corrected chi connectivity index (χ2v) is 7.79. The molecular weight excluding hydrogens is 441 g/mol. The zero-order chi connectivity index (χ0) is 17.2. The highest BCUT2D eigenvalue weighted by Crippen LogP contribution is 2.42. The Bertz CT molecular complexity index is 966. The van der Waals surface area contributed by atoms with E-state index in [0.29, 0.717) is 20.6 Å². The Morgan fingerprint density at radius 1 is 1.00 bits per heavy atom. The van der Waals surface area contributed by atoms with Crippen LogP contribution in [0, 0.1) is 13.8 Å². The van der Waals surface area contributed by atoms with Gasteiger partial charge in [0.15, 0.2) is 5.70 Å². The van der Waals surface area contributed by atoms with Crippen LogP contribution in [-0.4, -0.2) is 20.6 Å². The summed E-state index contributed by atoms with van der Waals surface area (Å²) in [5.41, 5.74) is 5.01. The van der Waals surface area contributed by atoms with E-state index >= 15 is 8.63 Å². The number of halogens is 4. The first-order valence-corrected chi connectivity index (χ1v) is 9.11. The Morgan fingerprint density at radius 3 is 2.33 bits per heavy atom. The molecule has 0 bridgehead atoms. The summed E-state index contributed by atoms with van der Waals surface area (Å²) < 4.78 is 33.2. The quantitative estimate of drug-likeness (QED) is 0.522. The summed E-state index contributed by atoms with van der Waals surface area (Å²) in [6, 6.07) is 9.57. The molecule has 24 heavy (non-hydrogen) atoms. The molecule has 3 heterocycles. The van der Waals surface area contributed by atoms with Crippen LogP contribution in [0.3, 0.4) is 0 Å². The van der Waals surface area contributed by atoms with Crippen LogP contribution in [0.15, 0.2) is 52.8 Å². The van der Waals surface area contributed by atoms with Gasteiger partial charge in [-0.1, -0.05) is 29.3 Å². The van der Waals surface area contributed by atoms with Crippen molar-refractivity contribution in [2.45, 2.75) is 13.8 Å². The largest absolute Gasteiger partial charge is 0.738 e. The molecule has 2 aliphatic heterocycles. The molecule has 2 aliphatic rings. The highest BCUT2D eigenvalue weighted by Gasteiger charge is 2.54. The third-order valence-electron chi connectivity index (χ3n) is 4.38. The second kappa shape index (κ2) is 5.26. The van der Waals surface area contributed by atoms with Crippen molar-refractivity contribution in [2.75, 3.05) is 0 Å². The van der Waals surface area contributed by atoms with Gasteiger partial charge in [0.2, 0.25) is 4.62 Å². The molecule has 0 amide bonds. The lowest BCUT2D eigenvalue weighted by atomic mass is 9.86. The van der Waals surface area contributed by atoms with Crippen LogP contribution in [-0.2, 0) is 0 Å². The van der Waals surface area contributed by atoms with Crippen molar-refractivity contribution in [1.29, 1.82) is 0 Å². The van der Waals surface area contributed by atoms with Crippen LogP contribution < -0.4 is 0 Å². The second-order valence-electron chi connectivity index (χ2n) is 6.16. The van der Waals surface area contributed by atoms with E-state index in [1.807, 2.05) is 26.0 Å². The van der Waals surface area contributed by atoms with Gasteiger partial charge in [0, 0.05) is 33.8 Å². The summed E-state index contributed by atoms with van der Waals surface area (Å²) in [7, 11) is 0. The first-order chi connectivity index (χ1) is 11.3. The van der Waals surface area contributed by atoms with Crippen molar-refractivity contribution < 1.29 is 13.1 Å². The molecule has 4 rings (SSSR count). The molecule has 0 atom stereocenters. The lowest BCUT2D eigenvalue weighted by Gasteiger charge is -2.32. The van der Waals surface area contributed by atoms with E-state index in [-0.39, 0.29) is 0 Å². The Kier molecular flexibility index (Phi) is 3.52. The third kappa shape index (κ3) is 2.14. The van der Waals surface area contributed by atoms with Gasteiger partial charge in [0.05, 0.1) is 10.2 Å². The van der Waals surface area contributed by atoms with Gasteiger partial charge in [0.25, 0.3) is 0 Å². The van der Waals surface area contributed by atoms with Crippen LogP contribution in [0.2, 0.25) is 0 Å². The van der Waals surface area contributed by atoms with Crippen molar-refractivity contribution in [3.63, 3.8) is 0 Å². The van der Waals surface area contributed by atoms with Crippen LogP contribution in [0.25, 0.3) is 5.57 Å². The number of rotatable bonds is 1. The van der Waals surface area contributed by atoms with Gasteiger partial charge in [-0.05, 0) is 47.5 Å². The van der Waals surface area contributed by atoms with E-state index in [9.17, 15) is 0 Å². The van der Waals surface area contributed by atoms with E-state index < -0.39 is 6.97 Å².